The first-order chi connectivity index (χ1) is 4.95. The van der Waals surface area contributed by atoms with Crippen molar-refractivity contribution >= 4 is 14.4 Å². The van der Waals surface area contributed by atoms with Crippen molar-refractivity contribution in [2.75, 3.05) is 13.8 Å². The first-order valence-corrected chi connectivity index (χ1v) is 6.82. The van der Waals surface area contributed by atoms with Crippen LogP contribution in [-0.2, 0) is 9.16 Å². The molecule has 0 aliphatic heterocycles. The molecule has 1 amide bonds. The number of carbonyl (C=O) groups excluding carboxylic acids is 1. The van der Waals surface area contributed by atoms with E-state index in [0.29, 0.717) is 0 Å². The topological polar surface area (TPSA) is 47.6 Å². The quantitative estimate of drug-likeness (QED) is 0.519. The molecule has 0 aliphatic rings. The lowest BCUT2D eigenvalue weighted by molar-refractivity contribution is 0.152. The average molecular weight is 177 g/mol. The monoisotopic (exact) mass is 177 g/mol. The molecule has 0 saturated carbocycles. The summed E-state index contributed by atoms with van der Waals surface area (Å²) in [6.07, 6.45) is -0.397. The lowest BCUT2D eigenvalue weighted by Gasteiger charge is -2.17. The fraction of sp³-hybridized carbons (Fsp3) is 0.833. The van der Waals surface area contributed by atoms with E-state index in [1.165, 1.54) is 7.11 Å². The Labute approximate surface area is 68.0 Å². The second-order valence-corrected chi connectivity index (χ2v) is 7.54. The predicted octanol–water partition coefficient (Wildman–Crippen LogP) is 1.15. The standard InChI is InChI=1S/C6H15NO3Si/c1-9-5-7-6(8)10-11(2,3)4/h5H2,1-4H3,(H,7,8). The van der Waals surface area contributed by atoms with Crippen molar-refractivity contribution < 1.29 is 14.0 Å². The summed E-state index contributed by atoms with van der Waals surface area (Å²) < 4.78 is 9.68. The van der Waals surface area contributed by atoms with Crippen molar-refractivity contribution in [2.24, 2.45) is 0 Å². The highest BCUT2D eigenvalue weighted by Gasteiger charge is 2.19. The van der Waals surface area contributed by atoms with Crippen LogP contribution < -0.4 is 5.32 Å². The maximum Gasteiger partial charge on any atom is 0.395 e. The van der Waals surface area contributed by atoms with Gasteiger partial charge in [-0.15, -0.1) is 0 Å². The Morgan fingerprint density at radius 2 is 2.00 bits per heavy atom. The Morgan fingerprint density at radius 1 is 1.45 bits per heavy atom. The highest BCUT2D eigenvalue weighted by atomic mass is 28.4. The molecule has 66 valence electrons. The van der Waals surface area contributed by atoms with Crippen molar-refractivity contribution in [3.63, 3.8) is 0 Å². The van der Waals surface area contributed by atoms with Crippen LogP contribution in [0.4, 0.5) is 4.79 Å². The fourth-order valence-electron chi connectivity index (χ4n) is 0.445. The third-order valence-corrected chi connectivity index (χ3v) is 1.56. The smallest absolute Gasteiger partial charge is 0.395 e. The van der Waals surface area contributed by atoms with Crippen LogP contribution in [0.15, 0.2) is 0 Å². The minimum Gasteiger partial charge on any atom is -0.504 e. The molecule has 0 aromatic heterocycles. The van der Waals surface area contributed by atoms with E-state index in [0.717, 1.165) is 0 Å². The minimum absolute atomic E-state index is 0.198. The molecule has 0 radical (unpaired) electrons. The van der Waals surface area contributed by atoms with Gasteiger partial charge in [0.15, 0.2) is 0 Å². The molecular formula is C6H15NO3Si. The van der Waals surface area contributed by atoms with Gasteiger partial charge in [0.1, 0.15) is 6.73 Å². The van der Waals surface area contributed by atoms with Crippen LogP contribution >= 0.6 is 0 Å². The lowest BCUT2D eigenvalue weighted by atomic mass is 11.1. The molecule has 0 aliphatic carbocycles. The lowest BCUT2D eigenvalue weighted by Crippen LogP contribution is -2.36. The van der Waals surface area contributed by atoms with Crippen LogP contribution in [0.3, 0.4) is 0 Å². The van der Waals surface area contributed by atoms with Gasteiger partial charge < -0.3 is 9.16 Å². The van der Waals surface area contributed by atoms with E-state index in [2.05, 4.69) is 10.1 Å². The molecule has 1 N–H and O–H groups in total. The summed E-state index contributed by atoms with van der Waals surface area (Å²) in [7, 11) is -0.229. The third-order valence-electron chi connectivity index (χ3n) is 0.760. The van der Waals surface area contributed by atoms with E-state index in [1.54, 1.807) is 0 Å². The molecule has 0 spiro atoms. The van der Waals surface area contributed by atoms with Gasteiger partial charge in [-0.05, 0) is 19.6 Å². The SMILES string of the molecule is COCNC(=O)O[Si](C)(C)C. The van der Waals surface area contributed by atoms with E-state index in [4.69, 9.17) is 4.43 Å². The number of methoxy groups -OCH3 is 1. The van der Waals surface area contributed by atoms with Gasteiger partial charge in [0.2, 0.25) is 8.32 Å². The molecule has 0 saturated heterocycles. The van der Waals surface area contributed by atoms with Crippen molar-refractivity contribution in [2.45, 2.75) is 19.6 Å². The second-order valence-electron chi connectivity index (χ2n) is 3.11. The van der Waals surface area contributed by atoms with Gasteiger partial charge >= 0.3 is 6.09 Å². The maximum absolute atomic E-state index is 10.8. The number of rotatable bonds is 3. The summed E-state index contributed by atoms with van der Waals surface area (Å²) in [5.74, 6) is 0. The van der Waals surface area contributed by atoms with Gasteiger partial charge in [-0.3, -0.25) is 5.32 Å². The second kappa shape index (κ2) is 4.35. The van der Waals surface area contributed by atoms with Crippen molar-refractivity contribution in [3.05, 3.63) is 0 Å². The number of amides is 1. The molecule has 0 aromatic carbocycles. The zero-order valence-electron chi connectivity index (χ0n) is 7.43. The van der Waals surface area contributed by atoms with Gasteiger partial charge in [-0.25, -0.2) is 4.79 Å². The Hall–Kier alpha value is -0.553. The van der Waals surface area contributed by atoms with Gasteiger partial charge in [0.05, 0.1) is 0 Å². The third kappa shape index (κ3) is 7.34. The number of hydrogen-bond acceptors (Lipinski definition) is 3. The zero-order chi connectivity index (χ0) is 8.91. The van der Waals surface area contributed by atoms with Crippen LogP contribution in [0, 0.1) is 0 Å². The van der Waals surface area contributed by atoms with Crippen molar-refractivity contribution in [1.82, 2.24) is 5.32 Å². The highest BCUT2D eigenvalue weighted by molar-refractivity contribution is 6.71. The maximum atomic E-state index is 10.8. The van der Waals surface area contributed by atoms with Gasteiger partial charge in [0, 0.05) is 7.11 Å². The number of hydrogen-bond donors (Lipinski definition) is 1. The Balaban J connectivity index is 3.53. The summed E-state index contributed by atoms with van der Waals surface area (Å²) in [6.45, 7) is 6.03. The number of carbonyl (C=O) groups is 1. The van der Waals surface area contributed by atoms with Crippen LogP contribution in [0.1, 0.15) is 0 Å². The average Bonchev–Trinajstić information content (AvgIpc) is 1.79. The fourth-order valence-corrected chi connectivity index (χ4v) is 1.07. The molecular weight excluding hydrogens is 162 g/mol. The normalized spacial score (nSPS) is 10.9. The molecule has 0 atom stereocenters. The predicted molar refractivity (Wildman–Crippen MR) is 44.8 cm³/mol. The Bertz CT molecular complexity index is 132. The molecule has 0 unspecified atom stereocenters. The van der Waals surface area contributed by atoms with Crippen molar-refractivity contribution in [3.8, 4) is 0 Å². The molecule has 4 nitrogen and oxygen atoms in total. The van der Waals surface area contributed by atoms with Crippen LogP contribution in [0.25, 0.3) is 0 Å². The van der Waals surface area contributed by atoms with E-state index < -0.39 is 14.4 Å². The van der Waals surface area contributed by atoms with Crippen molar-refractivity contribution in [1.29, 1.82) is 0 Å². The molecule has 0 fully saturated rings. The van der Waals surface area contributed by atoms with E-state index in [1.807, 2.05) is 19.6 Å². The summed E-state index contributed by atoms with van der Waals surface area (Å²) in [5.41, 5.74) is 0. The molecule has 5 heteroatoms. The number of ether oxygens (including phenoxy) is 1. The van der Waals surface area contributed by atoms with E-state index in [9.17, 15) is 4.79 Å². The molecule has 0 aromatic rings. The first-order valence-electron chi connectivity index (χ1n) is 3.41. The molecule has 0 heterocycles. The summed E-state index contributed by atoms with van der Waals surface area (Å²) in [6, 6.07) is 0. The Kier molecular flexibility index (Phi) is 4.13. The first kappa shape index (κ1) is 10.4. The van der Waals surface area contributed by atoms with Crippen LogP contribution in [-0.4, -0.2) is 28.3 Å². The van der Waals surface area contributed by atoms with E-state index >= 15 is 0 Å². The molecule has 0 rings (SSSR count). The van der Waals surface area contributed by atoms with E-state index in [-0.39, 0.29) is 6.73 Å². The largest absolute Gasteiger partial charge is 0.504 e. The Morgan fingerprint density at radius 3 is 2.36 bits per heavy atom. The minimum atomic E-state index is -1.74. The van der Waals surface area contributed by atoms with Gasteiger partial charge in [0.25, 0.3) is 0 Å². The summed E-state index contributed by atoms with van der Waals surface area (Å²) in [4.78, 5) is 10.8. The van der Waals surface area contributed by atoms with Crippen LogP contribution in [0.5, 0.6) is 0 Å². The number of nitrogens with one attached hydrogen (secondary N) is 1. The summed E-state index contributed by atoms with van der Waals surface area (Å²) >= 11 is 0. The zero-order valence-corrected chi connectivity index (χ0v) is 8.43. The summed E-state index contributed by atoms with van der Waals surface area (Å²) in [5, 5.41) is 2.44. The molecule has 11 heavy (non-hydrogen) atoms. The molecule has 0 bridgehead atoms. The van der Waals surface area contributed by atoms with Gasteiger partial charge in [-0.1, -0.05) is 0 Å². The highest BCUT2D eigenvalue weighted by Crippen LogP contribution is 2.01. The van der Waals surface area contributed by atoms with Crippen LogP contribution in [0.2, 0.25) is 19.6 Å². The van der Waals surface area contributed by atoms with Gasteiger partial charge in [-0.2, -0.15) is 0 Å².